The largest absolute Gasteiger partial charge is 0.478 e. The van der Waals surface area contributed by atoms with E-state index in [0.717, 1.165) is 22.8 Å². The topological polar surface area (TPSA) is 49.3 Å². The summed E-state index contributed by atoms with van der Waals surface area (Å²) in [6.45, 7) is 4.27. The zero-order valence-corrected chi connectivity index (χ0v) is 12.3. The third-order valence-corrected chi connectivity index (χ3v) is 4.68. The quantitative estimate of drug-likeness (QED) is 0.797. The van der Waals surface area contributed by atoms with Crippen LogP contribution in [0.1, 0.15) is 43.5 Å². The fraction of sp³-hybridized carbons (Fsp3) is 0.533. The number of anilines is 1. The van der Waals surface area contributed by atoms with Crippen LogP contribution in [-0.2, 0) is 0 Å². The van der Waals surface area contributed by atoms with E-state index in [1.165, 1.54) is 12.8 Å². The average molecular weight is 279 g/mol. The number of aromatic carboxylic acids is 1. The summed E-state index contributed by atoms with van der Waals surface area (Å²) in [5.41, 5.74) is 1.19. The number of carboxylic acid groups (broad SMARTS) is 1. The summed E-state index contributed by atoms with van der Waals surface area (Å²) in [4.78, 5) is 12.4. The number of benzene rings is 1. The second-order valence-electron chi connectivity index (χ2n) is 5.08. The fourth-order valence-electron chi connectivity index (χ4n) is 2.71. The molecule has 2 unspecified atom stereocenters. The molecule has 2 N–H and O–H groups in total. The predicted molar refractivity (Wildman–Crippen MR) is 80.2 cm³/mol. The number of carboxylic acids is 1. The van der Waals surface area contributed by atoms with E-state index in [2.05, 4.69) is 12.2 Å². The van der Waals surface area contributed by atoms with Gasteiger partial charge >= 0.3 is 5.97 Å². The van der Waals surface area contributed by atoms with Gasteiger partial charge < -0.3 is 10.4 Å². The molecule has 0 radical (unpaired) electrons. The number of rotatable bonds is 5. The smallest absolute Gasteiger partial charge is 0.338 e. The molecule has 4 heteroatoms. The summed E-state index contributed by atoms with van der Waals surface area (Å²) in [5.74, 6) is 0.651. The van der Waals surface area contributed by atoms with E-state index in [-0.39, 0.29) is 0 Å². The Morgan fingerprint density at radius 1 is 1.47 bits per heavy atom. The van der Waals surface area contributed by atoms with Crippen LogP contribution in [0.25, 0.3) is 0 Å². The number of carbonyl (C=O) groups is 1. The van der Waals surface area contributed by atoms with Gasteiger partial charge in [0.25, 0.3) is 0 Å². The van der Waals surface area contributed by atoms with Crippen molar-refractivity contribution < 1.29 is 9.90 Å². The third kappa shape index (κ3) is 3.24. The average Bonchev–Trinajstić information content (AvgIpc) is 2.75. The second kappa shape index (κ2) is 6.33. The molecule has 2 atom stereocenters. The molecule has 2 rings (SSSR count). The molecule has 0 bridgehead atoms. The van der Waals surface area contributed by atoms with Crippen LogP contribution in [-0.4, -0.2) is 22.9 Å². The number of hydrogen-bond donors (Lipinski definition) is 2. The highest BCUT2D eigenvalue weighted by atomic mass is 32.2. The molecule has 0 aliphatic heterocycles. The molecule has 1 aromatic carbocycles. The number of nitrogens with one attached hydrogen (secondary N) is 1. The van der Waals surface area contributed by atoms with Gasteiger partial charge in [-0.3, -0.25) is 0 Å². The van der Waals surface area contributed by atoms with Gasteiger partial charge in [0.2, 0.25) is 0 Å². The van der Waals surface area contributed by atoms with E-state index in [4.69, 9.17) is 0 Å². The molecule has 1 saturated carbocycles. The highest BCUT2D eigenvalue weighted by molar-refractivity contribution is 7.99. The first kappa shape index (κ1) is 14.3. The van der Waals surface area contributed by atoms with Gasteiger partial charge in [0.1, 0.15) is 0 Å². The van der Waals surface area contributed by atoms with Crippen molar-refractivity contribution in [2.24, 2.45) is 5.92 Å². The highest BCUT2D eigenvalue weighted by Gasteiger charge is 2.25. The molecule has 19 heavy (non-hydrogen) atoms. The molecule has 1 aliphatic carbocycles. The summed E-state index contributed by atoms with van der Waals surface area (Å²) in [5, 5.41) is 12.9. The van der Waals surface area contributed by atoms with Crippen molar-refractivity contribution in [2.75, 3.05) is 11.1 Å². The molecule has 1 aliphatic rings. The van der Waals surface area contributed by atoms with E-state index in [1.54, 1.807) is 11.8 Å². The Bertz CT molecular complexity index is 461. The van der Waals surface area contributed by atoms with Crippen LogP contribution in [0, 0.1) is 5.92 Å². The minimum Gasteiger partial charge on any atom is -0.478 e. The molecule has 0 saturated heterocycles. The number of hydrogen-bond acceptors (Lipinski definition) is 3. The molecule has 0 amide bonds. The van der Waals surface area contributed by atoms with Gasteiger partial charge in [-0.05, 0) is 36.6 Å². The summed E-state index contributed by atoms with van der Waals surface area (Å²) < 4.78 is 0. The van der Waals surface area contributed by atoms with Crippen LogP contribution in [0.3, 0.4) is 0 Å². The van der Waals surface area contributed by atoms with Gasteiger partial charge in [-0.15, -0.1) is 11.8 Å². The standard InChI is InChI=1S/C15H21NO2S/c1-3-19-13-9-5-8-12(14(13)15(17)18)16-11-7-4-6-10(11)2/h5,8-11,16H,3-4,6-7H2,1-2H3,(H,17,18). The first-order chi connectivity index (χ1) is 9.13. The van der Waals surface area contributed by atoms with Crippen molar-refractivity contribution in [3.8, 4) is 0 Å². The zero-order chi connectivity index (χ0) is 13.8. The van der Waals surface area contributed by atoms with Crippen molar-refractivity contribution in [2.45, 2.75) is 44.0 Å². The molecular formula is C15H21NO2S. The second-order valence-corrected chi connectivity index (χ2v) is 6.38. The highest BCUT2D eigenvalue weighted by Crippen LogP contribution is 2.33. The monoisotopic (exact) mass is 279 g/mol. The Labute approximate surface area is 118 Å². The van der Waals surface area contributed by atoms with Crippen molar-refractivity contribution in [1.29, 1.82) is 0 Å². The summed E-state index contributed by atoms with van der Waals surface area (Å²) in [6, 6.07) is 6.11. The normalized spacial score (nSPS) is 22.4. The Balaban J connectivity index is 2.28. The van der Waals surface area contributed by atoms with Gasteiger partial charge in [-0.2, -0.15) is 0 Å². The molecule has 0 heterocycles. The lowest BCUT2D eigenvalue weighted by Gasteiger charge is -2.21. The van der Waals surface area contributed by atoms with E-state index in [9.17, 15) is 9.90 Å². The lowest BCUT2D eigenvalue weighted by molar-refractivity contribution is 0.0694. The van der Waals surface area contributed by atoms with Crippen LogP contribution >= 0.6 is 11.8 Å². The Hall–Kier alpha value is -1.16. The van der Waals surface area contributed by atoms with Crippen molar-refractivity contribution in [1.82, 2.24) is 0 Å². The van der Waals surface area contributed by atoms with Crippen LogP contribution < -0.4 is 5.32 Å². The van der Waals surface area contributed by atoms with E-state index < -0.39 is 5.97 Å². The van der Waals surface area contributed by atoms with Gasteiger partial charge in [-0.1, -0.05) is 26.3 Å². The van der Waals surface area contributed by atoms with Crippen molar-refractivity contribution in [3.63, 3.8) is 0 Å². The lowest BCUT2D eigenvalue weighted by atomic mass is 10.1. The summed E-state index contributed by atoms with van der Waals surface area (Å²) in [6.07, 6.45) is 3.58. The van der Waals surface area contributed by atoms with Crippen molar-refractivity contribution in [3.05, 3.63) is 23.8 Å². The fourth-order valence-corrected chi connectivity index (χ4v) is 3.53. The first-order valence-corrected chi connectivity index (χ1v) is 7.87. The first-order valence-electron chi connectivity index (χ1n) is 6.89. The molecule has 104 valence electrons. The van der Waals surface area contributed by atoms with Crippen LogP contribution in [0.4, 0.5) is 5.69 Å². The Kier molecular flexibility index (Phi) is 4.75. The maximum absolute atomic E-state index is 11.5. The summed E-state index contributed by atoms with van der Waals surface area (Å²) in [7, 11) is 0. The number of thioether (sulfide) groups is 1. The molecule has 3 nitrogen and oxygen atoms in total. The van der Waals surface area contributed by atoms with Crippen LogP contribution in [0.2, 0.25) is 0 Å². The Morgan fingerprint density at radius 3 is 2.84 bits per heavy atom. The minimum absolute atomic E-state index is 0.403. The van der Waals surface area contributed by atoms with E-state index in [1.807, 2.05) is 25.1 Å². The van der Waals surface area contributed by atoms with E-state index in [0.29, 0.717) is 17.5 Å². The molecule has 1 aromatic rings. The molecule has 0 spiro atoms. The Morgan fingerprint density at radius 2 is 2.26 bits per heavy atom. The van der Waals surface area contributed by atoms with Gasteiger partial charge in [-0.25, -0.2) is 4.79 Å². The molecular weight excluding hydrogens is 258 g/mol. The van der Waals surface area contributed by atoms with Crippen molar-refractivity contribution >= 4 is 23.4 Å². The van der Waals surface area contributed by atoms with Gasteiger partial charge in [0.15, 0.2) is 0 Å². The van der Waals surface area contributed by atoms with Gasteiger partial charge in [0.05, 0.1) is 11.3 Å². The minimum atomic E-state index is -0.843. The summed E-state index contributed by atoms with van der Waals surface area (Å²) >= 11 is 1.58. The SMILES string of the molecule is CCSc1cccc(NC2CCCC2C)c1C(=O)O. The predicted octanol–water partition coefficient (Wildman–Crippen LogP) is 4.10. The lowest BCUT2D eigenvalue weighted by Crippen LogP contribution is -2.23. The maximum Gasteiger partial charge on any atom is 0.338 e. The van der Waals surface area contributed by atoms with Crippen LogP contribution in [0.5, 0.6) is 0 Å². The van der Waals surface area contributed by atoms with E-state index >= 15 is 0 Å². The third-order valence-electron chi connectivity index (χ3n) is 3.74. The molecule has 1 fully saturated rings. The van der Waals surface area contributed by atoms with Gasteiger partial charge in [0, 0.05) is 10.9 Å². The zero-order valence-electron chi connectivity index (χ0n) is 11.5. The maximum atomic E-state index is 11.5. The molecule has 0 aromatic heterocycles. The van der Waals surface area contributed by atoms with Crippen LogP contribution in [0.15, 0.2) is 23.1 Å².